The van der Waals surface area contributed by atoms with Crippen LogP contribution in [0, 0.1) is 12.8 Å². The fraction of sp³-hybridized carbons (Fsp3) is 0.500. The quantitative estimate of drug-likeness (QED) is 0.901. The minimum atomic E-state index is 0.106. The first-order valence-corrected chi connectivity index (χ1v) is 7.22. The Morgan fingerprint density at radius 3 is 3.11 bits per heavy atom. The van der Waals surface area contributed by atoms with Gasteiger partial charge in [-0.1, -0.05) is 12.1 Å². The molecule has 2 rings (SSSR count). The van der Waals surface area contributed by atoms with Crippen molar-refractivity contribution in [2.45, 2.75) is 26.2 Å². The van der Waals surface area contributed by atoms with E-state index in [1.165, 1.54) is 6.42 Å². The van der Waals surface area contributed by atoms with Gasteiger partial charge >= 0.3 is 0 Å². The molecule has 1 aliphatic rings. The van der Waals surface area contributed by atoms with E-state index in [1.54, 1.807) is 0 Å². The van der Waals surface area contributed by atoms with Crippen molar-refractivity contribution >= 4 is 27.5 Å². The molecule has 2 N–H and O–H groups in total. The first-order valence-electron chi connectivity index (χ1n) is 6.42. The van der Waals surface area contributed by atoms with Gasteiger partial charge < -0.3 is 10.6 Å². The maximum Gasteiger partial charge on any atom is 0.224 e. The second kappa shape index (κ2) is 6.34. The van der Waals surface area contributed by atoms with Crippen molar-refractivity contribution in [2.75, 3.05) is 18.4 Å². The molecule has 1 aromatic rings. The van der Waals surface area contributed by atoms with Gasteiger partial charge in [-0.25, -0.2) is 0 Å². The van der Waals surface area contributed by atoms with Gasteiger partial charge in [0.15, 0.2) is 0 Å². The van der Waals surface area contributed by atoms with Crippen LogP contribution in [0.5, 0.6) is 0 Å². The van der Waals surface area contributed by atoms with Gasteiger partial charge in [-0.2, -0.15) is 0 Å². The molecule has 1 atom stereocenters. The van der Waals surface area contributed by atoms with E-state index in [4.69, 9.17) is 0 Å². The monoisotopic (exact) mass is 310 g/mol. The largest absolute Gasteiger partial charge is 0.325 e. The van der Waals surface area contributed by atoms with Crippen LogP contribution >= 0.6 is 15.9 Å². The van der Waals surface area contributed by atoms with Crippen molar-refractivity contribution in [1.29, 1.82) is 0 Å². The minimum absolute atomic E-state index is 0.106. The third kappa shape index (κ3) is 3.56. The summed E-state index contributed by atoms with van der Waals surface area (Å²) in [4.78, 5) is 12.0. The summed E-state index contributed by atoms with van der Waals surface area (Å²) in [5.41, 5.74) is 2.00. The number of aryl methyl sites for hydroxylation is 1. The molecule has 1 saturated heterocycles. The van der Waals surface area contributed by atoms with Crippen LogP contribution in [0.4, 0.5) is 5.69 Å². The second-order valence-electron chi connectivity index (χ2n) is 4.90. The summed E-state index contributed by atoms with van der Waals surface area (Å²) < 4.78 is 0.972. The van der Waals surface area contributed by atoms with Crippen molar-refractivity contribution in [3.63, 3.8) is 0 Å². The zero-order chi connectivity index (χ0) is 13.0. The fourth-order valence-corrected chi connectivity index (χ4v) is 2.67. The standard InChI is InChI=1S/C14H19BrN2O/c1-10-4-2-6-12(14(10)15)17-13(18)8-11-5-3-7-16-9-11/h2,4,6,11,16H,3,5,7-9H2,1H3,(H,17,18). The molecule has 0 aromatic heterocycles. The number of piperidine rings is 1. The lowest BCUT2D eigenvalue weighted by Crippen LogP contribution is -2.32. The molecule has 0 aliphatic carbocycles. The SMILES string of the molecule is Cc1cccc(NC(=O)CC2CCCNC2)c1Br. The number of nitrogens with one attached hydrogen (secondary N) is 2. The van der Waals surface area contributed by atoms with Gasteiger partial charge in [0.05, 0.1) is 5.69 Å². The lowest BCUT2D eigenvalue weighted by molar-refractivity contribution is -0.117. The predicted molar refractivity (Wildman–Crippen MR) is 77.7 cm³/mol. The van der Waals surface area contributed by atoms with Crippen molar-refractivity contribution in [2.24, 2.45) is 5.92 Å². The Labute approximate surface area is 116 Å². The predicted octanol–water partition coefficient (Wildman–Crippen LogP) is 3.09. The van der Waals surface area contributed by atoms with Crippen LogP contribution in [0.15, 0.2) is 22.7 Å². The summed E-state index contributed by atoms with van der Waals surface area (Å²) in [6.45, 7) is 4.06. The van der Waals surface area contributed by atoms with Gasteiger partial charge in [-0.3, -0.25) is 4.79 Å². The van der Waals surface area contributed by atoms with E-state index in [1.807, 2.05) is 25.1 Å². The number of carbonyl (C=O) groups excluding carboxylic acids is 1. The molecule has 18 heavy (non-hydrogen) atoms. The molecule has 1 aromatic carbocycles. The van der Waals surface area contributed by atoms with Crippen LogP contribution in [0.1, 0.15) is 24.8 Å². The van der Waals surface area contributed by atoms with Crippen molar-refractivity contribution in [1.82, 2.24) is 5.32 Å². The fourth-order valence-electron chi connectivity index (χ4n) is 2.31. The molecule has 98 valence electrons. The number of amides is 1. The van der Waals surface area contributed by atoms with Crippen LogP contribution in [-0.2, 0) is 4.79 Å². The lowest BCUT2D eigenvalue weighted by Gasteiger charge is -2.22. The van der Waals surface area contributed by atoms with E-state index in [0.717, 1.165) is 35.2 Å². The molecule has 1 fully saturated rings. The number of benzene rings is 1. The average molecular weight is 311 g/mol. The highest BCUT2D eigenvalue weighted by molar-refractivity contribution is 9.10. The van der Waals surface area contributed by atoms with Gasteiger partial charge in [-0.15, -0.1) is 0 Å². The van der Waals surface area contributed by atoms with Crippen LogP contribution in [0.2, 0.25) is 0 Å². The maximum atomic E-state index is 12.0. The van der Waals surface area contributed by atoms with E-state index < -0.39 is 0 Å². The number of hydrogen-bond donors (Lipinski definition) is 2. The average Bonchev–Trinajstić information content (AvgIpc) is 2.36. The highest BCUT2D eigenvalue weighted by Gasteiger charge is 2.17. The normalized spacial score (nSPS) is 19.6. The molecule has 0 spiro atoms. The minimum Gasteiger partial charge on any atom is -0.325 e. The molecular formula is C14H19BrN2O. The van der Waals surface area contributed by atoms with Crippen LogP contribution < -0.4 is 10.6 Å². The van der Waals surface area contributed by atoms with Crippen LogP contribution in [0.25, 0.3) is 0 Å². The lowest BCUT2D eigenvalue weighted by atomic mass is 9.96. The molecule has 3 nitrogen and oxygen atoms in total. The Morgan fingerprint density at radius 1 is 1.56 bits per heavy atom. The number of carbonyl (C=O) groups is 1. The number of rotatable bonds is 3. The molecule has 1 aliphatic heterocycles. The Balaban J connectivity index is 1.92. The van der Waals surface area contributed by atoms with Gasteiger partial charge in [0, 0.05) is 10.9 Å². The maximum absolute atomic E-state index is 12.0. The van der Waals surface area contributed by atoms with E-state index in [0.29, 0.717) is 12.3 Å². The Bertz CT molecular complexity index is 428. The Kier molecular flexibility index (Phi) is 4.78. The molecular weight excluding hydrogens is 292 g/mol. The van der Waals surface area contributed by atoms with Crippen LogP contribution in [-0.4, -0.2) is 19.0 Å². The topological polar surface area (TPSA) is 41.1 Å². The summed E-state index contributed by atoms with van der Waals surface area (Å²) in [7, 11) is 0. The van der Waals surface area contributed by atoms with Crippen molar-refractivity contribution in [3.05, 3.63) is 28.2 Å². The van der Waals surface area contributed by atoms with Crippen LogP contribution in [0.3, 0.4) is 0 Å². The third-order valence-corrected chi connectivity index (χ3v) is 4.39. The first-order chi connectivity index (χ1) is 8.66. The molecule has 1 unspecified atom stereocenters. The zero-order valence-corrected chi connectivity index (χ0v) is 12.2. The summed E-state index contributed by atoms with van der Waals surface area (Å²) in [6, 6.07) is 5.90. The number of anilines is 1. The Hall–Kier alpha value is -0.870. The highest BCUT2D eigenvalue weighted by atomic mass is 79.9. The third-order valence-electron chi connectivity index (χ3n) is 3.34. The summed E-state index contributed by atoms with van der Waals surface area (Å²) in [6.07, 6.45) is 2.93. The molecule has 0 bridgehead atoms. The van der Waals surface area contributed by atoms with Crippen molar-refractivity contribution in [3.8, 4) is 0 Å². The van der Waals surface area contributed by atoms with E-state index in [2.05, 4.69) is 26.6 Å². The summed E-state index contributed by atoms with van der Waals surface area (Å²) in [5.74, 6) is 0.581. The van der Waals surface area contributed by atoms with Gasteiger partial charge in [0.2, 0.25) is 5.91 Å². The van der Waals surface area contributed by atoms with E-state index in [-0.39, 0.29) is 5.91 Å². The van der Waals surface area contributed by atoms with Crippen molar-refractivity contribution < 1.29 is 4.79 Å². The van der Waals surface area contributed by atoms with E-state index in [9.17, 15) is 4.79 Å². The molecule has 4 heteroatoms. The van der Waals surface area contributed by atoms with E-state index >= 15 is 0 Å². The number of hydrogen-bond acceptors (Lipinski definition) is 2. The molecule has 0 saturated carbocycles. The van der Waals surface area contributed by atoms with Gasteiger partial charge in [0.1, 0.15) is 0 Å². The molecule has 1 heterocycles. The Morgan fingerprint density at radius 2 is 2.39 bits per heavy atom. The smallest absolute Gasteiger partial charge is 0.224 e. The van der Waals surface area contributed by atoms with Gasteiger partial charge in [0.25, 0.3) is 0 Å². The molecule has 1 amide bonds. The summed E-state index contributed by atoms with van der Waals surface area (Å²) >= 11 is 3.51. The summed E-state index contributed by atoms with van der Waals surface area (Å²) in [5, 5.41) is 6.32. The second-order valence-corrected chi connectivity index (χ2v) is 5.69. The zero-order valence-electron chi connectivity index (χ0n) is 10.6. The van der Waals surface area contributed by atoms with Gasteiger partial charge in [-0.05, 0) is 66.3 Å². The number of halogens is 1. The molecule has 0 radical (unpaired) electrons. The first kappa shape index (κ1) is 13.6. The highest BCUT2D eigenvalue weighted by Crippen LogP contribution is 2.26.